The summed E-state index contributed by atoms with van der Waals surface area (Å²) >= 11 is 1.42. The van der Waals surface area contributed by atoms with Crippen LogP contribution >= 0.6 is 11.3 Å². The van der Waals surface area contributed by atoms with Crippen molar-refractivity contribution >= 4 is 23.0 Å². The summed E-state index contributed by atoms with van der Waals surface area (Å²) < 4.78 is 5.05. The monoisotopic (exact) mass is 263 g/mol. The van der Waals surface area contributed by atoms with Gasteiger partial charge in [-0.25, -0.2) is 4.79 Å². The van der Waals surface area contributed by atoms with Gasteiger partial charge in [0.05, 0.1) is 7.11 Å². The number of methoxy groups -OCH3 is 1. The fourth-order valence-corrected chi connectivity index (χ4v) is 2.33. The Bertz CT molecular complexity index is 508. The largest absolute Gasteiger partial charge is 0.497 e. The molecule has 0 saturated carbocycles. The molecular formula is C13H13NO3S. The normalized spacial score (nSPS) is 11.8. The summed E-state index contributed by atoms with van der Waals surface area (Å²) in [6, 6.07) is 10.1. The molecule has 1 unspecified atom stereocenters. The summed E-state index contributed by atoms with van der Waals surface area (Å²) in [7, 11) is 1.59. The summed E-state index contributed by atoms with van der Waals surface area (Å²) in [6.07, 6.45) is 0. The highest BCUT2D eigenvalue weighted by Gasteiger charge is 2.20. The van der Waals surface area contributed by atoms with Crippen LogP contribution < -0.4 is 10.1 Å². The average Bonchev–Trinajstić information content (AvgIpc) is 2.90. The third-order valence-corrected chi connectivity index (χ3v) is 3.41. The minimum absolute atomic E-state index is 0.724. The molecular weight excluding hydrogens is 250 g/mol. The molecule has 18 heavy (non-hydrogen) atoms. The molecule has 0 aliphatic carbocycles. The second kappa shape index (κ2) is 5.55. The van der Waals surface area contributed by atoms with Crippen molar-refractivity contribution in [1.29, 1.82) is 0 Å². The quantitative estimate of drug-likeness (QED) is 0.870. The highest BCUT2D eigenvalue weighted by Crippen LogP contribution is 2.25. The van der Waals surface area contributed by atoms with E-state index in [1.165, 1.54) is 11.3 Å². The molecule has 1 aromatic carbocycles. The first-order chi connectivity index (χ1) is 8.70. The number of carboxylic acids is 1. The molecule has 1 aromatic heterocycles. The molecule has 1 atom stereocenters. The van der Waals surface area contributed by atoms with Crippen molar-refractivity contribution in [1.82, 2.24) is 0 Å². The Hall–Kier alpha value is -2.01. The van der Waals surface area contributed by atoms with Crippen LogP contribution in [0.2, 0.25) is 0 Å². The number of carbonyl (C=O) groups is 1. The molecule has 94 valence electrons. The van der Waals surface area contributed by atoms with Gasteiger partial charge in [0.25, 0.3) is 0 Å². The van der Waals surface area contributed by atoms with Gasteiger partial charge in [0.2, 0.25) is 0 Å². The van der Waals surface area contributed by atoms with Crippen molar-refractivity contribution < 1.29 is 14.6 Å². The lowest BCUT2D eigenvalue weighted by Gasteiger charge is -2.14. The Morgan fingerprint density at radius 3 is 2.56 bits per heavy atom. The molecule has 0 spiro atoms. The summed E-state index contributed by atoms with van der Waals surface area (Å²) in [6.45, 7) is 0. The first-order valence-corrected chi connectivity index (χ1v) is 6.25. The standard InChI is InChI=1S/C13H13NO3S/c1-17-10-6-4-9(5-7-10)14-12(13(15)16)11-3-2-8-18-11/h2-8,12,14H,1H3,(H,15,16). The molecule has 0 fully saturated rings. The van der Waals surface area contributed by atoms with Crippen LogP contribution in [-0.2, 0) is 4.79 Å². The van der Waals surface area contributed by atoms with Crippen molar-refractivity contribution in [3.05, 3.63) is 46.7 Å². The molecule has 0 aliphatic heterocycles. The molecule has 4 nitrogen and oxygen atoms in total. The number of hydrogen-bond donors (Lipinski definition) is 2. The lowest BCUT2D eigenvalue weighted by Crippen LogP contribution is -2.19. The van der Waals surface area contributed by atoms with E-state index in [1.54, 1.807) is 37.4 Å². The Balaban J connectivity index is 2.16. The highest BCUT2D eigenvalue weighted by molar-refractivity contribution is 7.10. The molecule has 2 aromatic rings. The van der Waals surface area contributed by atoms with E-state index in [4.69, 9.17) is 4.74 Å². The third-order valence-electron chi connectivity index (χ3n) is 2.48. The number of carboxylic acid groups (broad SMARTS) is 1. The maximum absolute atomic E-state index is 11.2. The zero-order chi connectivity index (χ0) is 13.0. The van der Waals surface area contributed by atoms with Crippen LogP contribution in [0.4, 0.5) is 5.69 Å². The molecule has 2 N–H and O–H groups in total. The second-order valence-electron chi connectivity index (χ2n) is 3.66. The maximum atomic E-state index is 11.2. The van der Waals surface area contributed by atoms with E-state index >= 15 is 0 Å². The number of nitrogens with one attached hydrogen (secondary N) is 1. The Labute approximate surface area is 109 Å². The van der Waals surface area contributed by atoms with Gasteiger partial charge >= 0.3 is 5.97 Å². The van der Waals surface area contributed by atoms with Crippen molar-refractivity contribution in [3.63, 3.8) is 0 Å². The number of aliphatic carboxylic acids is 1. The molecule has 2 rings (SSSR count). The van der Waals surface area contributed by atoms with Gasteiger partial charge in [0.1, 0.15) is 5.75 Å². The fourth-order valence-electron chi connectivity index (χ4n) is 1.56. The van der Waals surface area contributed by atoms with E-state index in [2.05, 4.69) is 5.32 Å². The van der Waals surface area contributed by atoms with Gasteiger partial charge in [-0.3, -0.25) is 0 Å². The SMILES string of the molecule is COc1ccc(NC(C(=O)O)c2cccs2)cc1. The zero-order valence-electron chi connectivity index (χ0n) is 9.79. The Morgan fingerprint density at radius 1 is 1.33 bits per heavy atom. The molecule has 0 radical (unpaired) electrons. The Morgan fingerprint density at radius 2 is 2.06 bits per heavy atom. The highest BCUT2D eigenvalue weighted by atomic mass is 32.1. The van der Waals surface area contributed by atoms with E-state index in [1.807, 2.05) is 11.4 Å². The summed E-state index contributed by atoms with van der Waals surface area (Å²) in [5.74, 6) is -0.156. The van der Waals surface area contributed by atoms with E-state index < -0.39 is 12.0 Å². The van der Waals surface area contributed by atoms with Crippen LogP contribution in [0.3, 0.4) is 0 Å². The van der Waals surface area contributed by atoms with Crippen LogP contribution in [0.25, 0.3) is 0 Å². The van der Waals surface area contributed by atoms with E-state index in [9.17, 15) is 9.90 Å². The number of rotatable bonds is 5. The van der Waals surface area contributed by atoms with E-state index in [-0.39, 0.29) is 0 Å². The first kappa shape index (κ1) is 12.4. The average molecular weight is 263 g/mol. The summed E-state index contributed by atoms with van der Waals surface area (Å²) in [4.78, 5) is 12.0. The maximum Gasteiger partial charge on any atom is 0.331 e. The fraction of sp³-hybridized carbons (Fsp3) is 0.154. The summed E-state index contributed by atoms with van der Waals surface area (Å²) in [5, 5.41) is 14.1. The van der Waals surface area contributed by atoms with Gasteiger partial charge in [-0.1, -0.05) is 6.07 Å². The van der Waals surface area contributed by atoms with Gasteiger partial charge in [0.15, 0.2) is 6.04 Å². The minimum Gasteiger partial charge on any atom is -0.497 e. The topological polar surface area (TPSA) is 58.6 Å². The van der Waals surface area contributed by atoms with Gasteiger partial charge in [-0.2, -0.15) is 0 Å². The number of ether oxygens (including phenoxy) is 1. The molecule has 0 amide bonds. The molecule has 0 aliphatic rings. The lowest BCUT2D eigenvalue weighted by atomic mass is 10.2. The van der Waals surface area contributed by atoms with E-state index in [0.29, 0.717) is 0 Å². The van der Waals surface area contributed by atoms with Crippen molar-refractivity contribution in [2.24, 2.45) is 0 Å². The molecule has 1 heterocycles. The molecule has 0 bridgehead atoms. The van der Waals surface area contributed by atoms with Crippen molar-refractivity contribution in [3.8, 4) is 5.75 Å². The van der Waals surface area contributed by atoms with Crippen molar-refractivity contribution in [2.75, 3.05) is 12.4 Å². The predicted molar refractivity (Wildman–Crippen MR) is 71.3 cm³/mol. The summed E-state index contributed by atoms with van der Waals surface area (Å²) in [5.41, 5.74) is 0.747. The molecule has 0 saturated heterocycles. The van der Waals surface area contributed by atoms with Crippen molar-refractivity contribution in [2.45, 2.75) is 6.04 Å². The first-order valence-electron chi connectivity index (χ1n) is 5.37. The van der Waals surface area contributed by atoms with Gasteiger partial charge in [-0.05, 0) is 35.7 Å². The number of benzene rings is 1. The van der Waals surface area contributed by atoms with Crippen LogP contribution in [0.1, 0.15) is 10.9 Å². The van der Waals surface area contributed by atoms with Gasteiger partial charge in [0, 0.05) is 10.6 Å². The van der Waals surface area contributed by atoms with Crippen LogP contribution in [0.15, 0.2) is 41.8 Å². The smallest absolute Gasteiger partial charge is 0.331 e. The third kappa shape index (κ3) is 2.81. The molecule has 5 heteroatoms. The zero-order valence-corrected chi connectivity index (χ0v) is 10.6. The van der Waals surface area contributed by atoms with Crippen LogP contribution in [0, 0.1) is 0 Å². The minimum atomic E-state index is -0.895. The van der Waals surface area contributed by atoms with E-state index in [0.717, 1.165) is 16.3 Å². The predicted octanol–water partition coefficient (Wildman–Crippen LogP) is 2.99. The Kier molecular flexibility index (Phi) is 3.84. The number of anilines is 1. The lowest BCUT2D eigenvalue weighted by molar-refractivity contribution is -0.138. The number of thiophene rings is 1. The van der Waals surface area contributed by atoms with Crippen LogP contribution in [-0.4, -0.2) is 18.2 Å². The van der Waals surface area contributed by atoms with Crippen LogP contribution in [0.5, 0.6) is 5.75 Å². The van der Waals surface area contributed by atoms with Gasteiger partial charge < -0.3 is 15.2 Å². The van der Waals surface area contributed by atoms with Gasteiger partial charge in [-0.15, -0.1) is 11.3 Å². The second-order valence-corrected chi connectivity index (χ2v) is 4.64. The number of hydrogen-bond acceptors (Lipinski definition) is 4.